The average Bonchev–Trinajstić information content (AvgIpc) is 2.79. The smallest absolute Gasteiger partial charge is 0.0417 e. The Morgan fingerprint density at radius 1 is 1.42 bits per heavy atom. The molecule has 0 radical (unpaired) electrons. The SMILES string of the molecule is CN(C)CC1CCCN1c1cc(Br)ccc1CCN. The first-order valence-electron chi connectivity index (χ1n) is 7.01. The van der Waals surface area contributed by atoms with Gasteiger partial charge in [0.25, 0.3) is 0 Å². The van der Waals surface area contributed by atoms with E-state index in [2.05, 4.69) is 58.0 Å². The first kappa shape index (κ1) is 14.8. The molecule has 2 rings (SSSR count). The van der Waals surface area contributed by atoms with Gasteiger partial charge < -0.3 is 15.5 Å². The van der Waals surface area contributed by atoms with E-state index in [1.807, 2.05) is 0 Å². The average molecular weight is 326 g/mol. The summed E-state index contributed by atoms with van der Waals surface area (Å²) in [5.74, 6) is 0. The van der Waals surface area contributed by atoms with Crippen molar-refractivity contribution in [3.8, 4) is 0 Å². The maximum atomic E-state index is 5.74. The van der Waals surface area contributed by atoms with Crippen LogP contribution in [-0.2, 0) is 6.42 Å². The molecule has 1 saturated heterocycles. The van der Waals surface area contributed by atoms with Gasteiger partial charge in [-0.2, -0.15) is 0 Å². The van der Waals surface area contributed by atoms with Gasteiger partial charge in [0.1, 0.15) is 0 Å². The number of anilines is 1. The highest BCUT2D eigenvalue weighted by Crippen LogP contribution is 2.31. The quantitative estimate of drug-likeness (QED) is 0.902. The van der Waals surface area contributed by atoms with E-state index in [0.717, 1.165) is 24.0 Å². The van der Waals surface area contributed by atoms with E-state index < -0.39 is 0 Å². The lowest BCUT2D eigenvalue weighted by Gasteiger charge is -2.31. The molecule has 0 aliphatic carbocycles. The summed E-state index contributed by atoms with van der Waals surface area (Å²) < 4.78 is 1.15. The monoisotopic (exact) mass is 325 g/mol. The largest absolute Gasteiger partial charge is 0.367 e. The normalized spacial score (nSPS) is 19.4. The summed E-state index contributed by atoms with van der Waals surface area (Å²) in [6, 6.07) is 7.20. The van der Waals surface area contributed by atoms with Crippen molar-refractivity contribution in [1.29, 1.82) is 0 Å². The van der Waals surface area contributed by atoms with Gasteiger partial charge in [-0.15, -0.1) is 0 Å². The van der Waals surface area contributed by atoms with Crippen molar-refractivity contribution in [3.63, 3.8) is 0 Å². The minimum Gasteiger partial charge on any atom is -0.367 e. The van der Waals surface area contributed by atoms with Crippen molar-refractivity contribution in [2.75, 3.05) is 38.6 Å². The van der Waals surface area contributed by atoms with E-state index in [9.17, 15) is 0 Å². The van der Waals surface area contributed by atoms with Gasteiger partial charge in [-0.1, -0.05) is 22.0 Å². The molecule has 0 bridgehead atoms. The van der Waals surface area contributed by atoms with Gasteiger partial charge in [0, 0.05) is 29.3 Å². The summed E-state index contributed by atoms with van der Waals surface area (Å²) in [6.07, 6.45) is 3.52. The van der Waals surface area contributed by atoms with Crippen molar-refractivity contribution >= 4 is 21.6 Å². The third kappa shape index (κ3) is 3.71. The topological polar surface area (TPSA) is 32.5 Å². The summed E-state index contributed by atoms with van der Waals surface area (Å²) in [5.41, 5.74) is 8.48. The molecule has 1 aliphatic rings. The van der Waals surface area contributed by atoms with E-state index in [-0.39, 0.29) is 0 Å². The predicted molar refractivity (Wildman–Crippen MR) is 85.8 cm³/mol. The second kappa shape index (κ2) is 6.73. The number of hydrogen-bond acceptors (Lipinski definition) is 3. The second-order valence-corrected chi connectivity index (χ2v) is 6.48. The number of nitrogens with zero attached hydrogens (tertiary/aromatic N) is 2. The zero-order chi connectivity index (χ0) is 13.8. The summed E-state index contributed by atoms with van der Waals surface area (Å²) >= 11 is 3.60. The lowest BCUT2D eigenvalue weighted by atomic mass is 10.1. The molecule has 1 fully saturated rings. The number of nitrogens with two attached hydrogens (primary N) is 1. The van der Waals surface area contributed by atoms with Crippen LogP contribution in [0.5, 0.6) is 0 Å². The van der Waals surface area contributed by atoms with E-state index in [1.165, 1.54) is 24.1 Å². The van der Waals surface area contributed by atoms with Crippen molar-refractivity contribution in [2.45, 2.75) is 25.3 Å². The van der Waals surface area contributed by atoms with Crippen LogP contribution in [0.15, 0.2) is 22.7 Å². The predicted octanol–water partition coefficient (Wildman–Crippen LogP) is 2.48. The third-order valence-electron chi connectivity index (χ3n) is 3.72. The standard InChI is InChI=1S/C15H24BrN3/c1-18(2)11-14-4-3-9-19(14)15-10-13(16)6-5-12(15)7-8-17/h5-6,10,14H,3-4,7-9,11,17H2,1-2H3. The molecule has 1 unspecified atom stereocenters. The number of halogens is 1. The molecule has 19 heavy (non-hydrogen) atoms. The van der Waals surface area contributed by atoms with Crippen molar-refractivity contribution in [3.05, 3.63) is 28.2 Å². The summed E-state index contributed by atoms with van der Waals surface area (Å²) in [6.45, 7) is 2.99. The fourth-order valence-corrected chi connectivity index (χ4v) is 3.28. The van der Waals surface area contributed by atoms with Crippen LogP contribution in [0.3, 0.4) is 0 Å². The second-order valence-electron chi connectivity index (χ2n) is 5.56. The number of benzene rings is 1. The lowest BCUT2D eigenvalue weighted by molar-refractivity contribution is 0.372. The molecule has 2 N–H and O–H groups in total. The molecule has 1 aliphatic heterocycles. The molecule has 0 spiro atoms. The molecule has 106 valence electrons. The molecule has 1 heterocycles. The summed E-state index contributed by atoms with van der Waals surface area (Å²) in [4.78, 5) is 4.85. The maximum Gasteiger partial charge on any atom is 0.0417 e. The first-order chi connectivity index (χ1) is 9.11. The molecule has 4 heteroatoms. The Labute approximate surface area is 124 Å². The van der Waals surface area contributed by atoms with Gasteiger partial charge in [0.15, 0.2) is 0 Å². The Hall–Kier alpha value is -0.580. The van der Waals surface area contributed by atoms with Gasteiger partial charge in [-0.05, 0) is 57.6 Å². The molecular weight excluding hydrogens is 302 g/mol. The molecule has 0 saturated carbocycles. The van der Waals surface area contributed by atoms with E-state index in [4.69, 9.17) is 5.73 Å². The van der Waals surface area contributed by atoms with Crippen molar-refractivity contribution in [1.82, 2.24) is 4.90 Å². The Morgan fingerprint density at radius 2 is 2.21 bits per heavy atom. The van der Waals surface area contributed by atoms with E-state index in [0.29, 0.717) is 12.6 Å². The zero-order valence-corrected chi connectivity index (χ0v) is 13.5. The number of likely N-dealkylation sites (N-methyl/N-ethyl adjacent to an activating group) is 1. The van der Waals surface area contributed by atoms with Crippen LogP contribution in [0.1, 0.15) is 18.4 Å². The van der Waals surface area contributed by atoms with E-state index in [1.54, 1.807) is 0 Å². The van der Waals surface area contributed by atoms with Crippen LogP contribution >= 0.6 is 15.9 Å². The van der Waals surface area contributed by atoms with Crippen LogP contribution < -0.4 is 10.6 Å². The Morgan fingerprint density at radius 3 is 2.89 bits per heavy atom. The van der Waals surface area contributed by atoms with Crippen LogP contribution in [0.25, 0.3) is 0 Å². The zero-order valence-electron chi connectivity index (χ0n) is 11.9. The van der Waals surface area contributed by atoms with Gasteiger partial charge in [0.2, 0.25) is 0 Å². The van der Waals surface area contributed by atoms with E-state index >= 15 is 0 Å². The van der Waals surface area contributed by atoms with Gasteiger partial charge in [-0.3, -0.25) is 0 Å². The van der Waals surface area contributed by atoms with Crippen LogP contribution in [0.4, 0.5) is 5.69 Å². The van der Waals surface area contributed by atoms with Gasteiger partial charge in [0.05, 0.1) is 0 Å². The van der Waals surface area contributed by atoms with Gasteiger partial charge in [-0.25, -0.2) is 0 Å². The molecule has 1 aromatic rings. The van der Waals surface area contributed by atoms with Crippen LogP contribution in [0, 0.1) is 0 Å². The van der Waals surface area contributed by atoms with Crippen LogP contribution in [-0.4, -0.2) is 44.7 Å². The molecule has 0 amide bonds. The van der Waals surface area contributed by atoms with Crippen molar-refractivity contribution in [2.24, 2.45) is 5.73 Å². The highest BCUT2D eigenvalue weighted by molar-refractivity contribution is 9.10. The highest BCUT2D eigenvalue weighted by Gasteiger charge is 2.26. The summed E-state index contributed by atoms with van der Waals surface area (Å²) in [7, 11) is 4.30. The molecule has 1 aromatic carbocycles. The van der Waals surface area contributed by atoms with Gasteiger partial charge >= 0.3 is 0 Å². The molecule has 0 aromatic heterocycles. The maximum absolute atomic E-state index is 5.74. The lowest BCUT2D eigenvalue weighted by Crippen LogP contribution is -2.38. The van der Waals surface area contributed by atoms with Crippen LogP contribution in [0.2, 0.25) is 0 Å². The molecule has 3 nitrogen and oxygen atoms in total. The van der Waals surface area contributed by atoms with Crippen molar-refractivity contribution < 1.29 is 0 Å². The highest BCUT2D eigenvalue weighted by atomic mass is 79.9. The third-order valence-corrected chi connectivity index (χ3v) is 4.22. The number of hydrogen-bond donors (Lipinski definition) is 1. The minimum atomic E-state index is 0.626. The molecular formula is C15H24BrN3. The minimum absolute atomic E-state index is 0.626. The Bertz CT molecular complexity index is 420. The fraction of sp³-hybridized carbons (Fsp3) is 0.600. The Balaban J connectivity index is 2.25. The first-order valence-corrected chi connectivity index (χ1v) is 7.81. The fourth-order valence-electron chi connectivity index (χ4n) is 2.94. The molecule has 1 atom stereocenters. The number of rotatable bonds is 5. The summed E-state index contributed by atoms with van der Waals surface area (Å²) in [5, 5.41) is 0. The Kier molecular flexibility index (Phi) is 5.25.